The van der Waals surface area contributed by atoms with Crippen LogP contribution in [0.1, 0.15) is 17.5 Å². The lowest BCUT2D eigenvalue weighted by Gasteiger charge is -2.36. The van der Waals surface area contributed by atoms with E-state index in [-0.39, 0.29) is 6.42 Å². The van der Waals surface area contributed by atoms with Crippen molar-refractivity contribution in [1.82, 2.24) is 0 Å². The maximum absolute atomic E-state index is 11.7. The molecule has 0 unspecified atom stereocenters. The Labute approximate surface area is 128 Å². The molecule has 0 amide bonds. The third kappa shape index (κ3) is 3.34. The minimum Gasteiger partial charge on any atom is -0.421 e. The van der Waals surface area contributed by atoms with Crippen LogP contribution in [0.2, 0.25) is 0 Å². The van der Waals surface area contributed by atoms with Gasteiger partial charge in [0, 0.05) is 0 Å². The van der Waals surface area contributed by atoms with Crippen molar-refractivity contribution in [2.24, 2.45) is 0 Å². The number of carbonyl (C=O) groups is 2. The fourth-order valence-corrected chi connectivity index (χ4v) is 2.65. The van der Waals surface area contributed by atoms with Gasteiger partial charge in [-0.3, -0.25) is 9.59 Å². The molecule has 0 N–H and O–H groups in total. The molecule has 22 heavy (non-hydrogen) atoms. The van der Waals surface area contributed by atoms with Crippen molar-refractivity contribution in [2.45, 2.75) is 25.0 Å². The Morgan fingerprint density at radius 2 is 1.14 bits per heavy atom. The minimum absolute atomic E-state index is 0.328. The number of cyclic esters (lactones) is 2. The van der Waals surface area contributed by atoms with Gasteiger partial charge in [0.2, 0.25) is 0 Å². The van der Waals surface area contributed by atoms with E-state index in [1.165, 1.54) is 0 Å². The van der Waals surface area contributed by atoms with Crippen LogP contribution >= 0.6 is 0 Å². The maximum Gasteiger partial charge on any atom is 0.320 e. The molecule has 1 aliphatic heterocycles. The summed E-state index contributed by atoms with van der Waals surface area (Å²) >= 11 is 0. The molecule has 1 fully saturated rings. The Kier molecular flexibility index (Phi) is 3.92. The van der Waals surface area contributed by atoms with Crippen LogP contribution < -0.4 is 0 Å². The Hall–Kier alpha value is -2.62. The van der Waals surface area contributed by atoms with Gasteiger partial charge in [-0.1, -0.05) is 60.7 Å². The highest BCUT2D eigenvalue weighted by Crippen LogP contribution is 2.29. The molecule has 4 nitrogen and oxygen atoms in total. The van der Waals surface area contributed by atoms with E-state index in [0.717, 1.165) is 11.1 Å². The second-order valence-electron chi connectivity index (χ2n) is 5.36. The van der Waals surface area contributed by atoms with E-state index in [1.807, 2.05) is 60.7 Å². The molecule has 0 bridgehead atoms. The Morgan fingerprint density at radius 3 is 1.55 bits per heavy atom. The molecule has 2 aromatic carbocycles. The Bertz CT molecular complexity index is 605. The van der Waals surface area contributed by atoms with Gasteiger partial charge in [0.05, 0.1) is 12.8 Å². The van der Waals surface area contributed by atoms with Crippen LogP contribution in [-0.4, -0.2) is 17.7 Å². The first-order valence-corrected chi connectivity index (χ1v) is 7.17. The molecule has 1 heterocycles. The second kappa shape index (κ2) is 6.02. The average Bonchev–Trinajstić information content (AvgIpc) is 2.47. The summed E-state index contributed by atoms with van der Waals surface area (Å²) in [6.45, 7) is 0. The van der Waals surface area contributed by atoms with Crippen LogP contribution in [-0.2, 0) is 31.9 Å². The zero-order valence-corrected chi connectivity index (χ0v) is 12.0. The van der Waals surface area contributed by atoms with E-state index in [9.17, 15) is 9.59 Å². The van der Waals surface area contributed by atoms with E-state index in [4.69, 9.17) is 9.47 Å². The van der Waals surface area contributed by atoms with Crippen molar-refractivity contribution in [3.05, 3.63) is 71.8 Å². The lowest BCUT2D eigenvalue weighted by atomic mass is 9.96. The predicted octanol–water partition coefficient (Wildman–Crippen LogP) is 2.66. The zero-order chi connectivity index (χ0) is 15.4. The summed E-state index contributed by atoms with van der Waals surface area (Å²) in [5, 5.41) is 0. The van der Waals surface area contributed by atoms with Gasteiger partial charge in [0.1, 0.15) is 6.42 Å². The summed E-state index contributed by atoms with van der Waals surface area (Å²) in [6.07, 6.45) is 0.339. The van der Waals surface area contributed by atoms with E-state index in [2.05, 4.69) is 0 Å². The van der Waals surface area contributed by atoms with E-state index in [0.29, 0.717) is 12.8 Å². The quantitative estimate of drug-likeness (QED) is 0.643. The van der Waals surface area contributed by atoms with Crippen LogP contribution in [0.4, 0.5) is 0 Å². The molecule has 3 rings (SSSR count). The fraction of sp³-hybridized carbons (Fsp3) is 0.222. The van der Waals surface area contributed by atoms with Gasteiger partial charge in [-0.25, -0.2) is 0 Å². The standard InChI is InChI=1S/C18H16O4/c19-16-11-17(20)22-18(21-16,12-14-7-3-1-4-8-14)13-15-9-5-2-6-10-15/h1-10H,11-13H2. The number of hydrogen-bond donors (Lipinski definition) is 0. The van der Waals surface area contributed by atoms with Crippen LogP contribution in [0, 0.1) is 0 Å². The van der Waals surface area contributed by atoms with E-state index in [1.54, 1.807) is 0 Å². The normalized spacial score (nSPS) is 16.7. The molecule has 2 aromatic rings. The van der Waals surface area contributed by atoms with Crippen molar-refractivity contribution in [1.29, 1.82) is 0 Å². The lowest BCUT2D eigenvalue weighted by Crippen LogP contribution is -2.48. The average molecular weight is 296 g/mol. The predicted molar refractivity (Wildman–Crippen MR) is 79.8 cm³/mol. The molecule has 4 heteroatoms. The van der Waals surface area contributed by atoms with Crippen molar-refractivity contribution in [2.75, 3.05) is 0 Å². The largest absolute Gasteiger partial charge is 0.421 e. The molecule has 1 aliphatic rings. The second-order valence-corrected chi connectivity index (χ2v) is 5.36. The van der Waals surface area contributed by atoms with Crippen molar-refractivity contribution >= 4 is 11.9 Å². The number of ether oxygens (including phenoxy) is 2. The van der Waals surface area contributed by atoms with Crippen LogP contribution in [0.15, 0.2) is 60.7 Å². The third-order valence-electron chi connectivity index (χ3n) is 3.52. The highest BCUT2D eigenvalue weighted by atomic mass is 16.7. The van der Waals surface area contributed by atoms with Crippen LogP contribution in [0.25, 0.3) is 0 Å². The smallest absolute Gasteiger partial charge is 0.320 e. The summed E-state index contributed by atoms with van der Waals surface area (Å²) < 4.78 is 10.9. The summed E-state index contributed by atoms with van der Waals surface area (Å²) in [5.41, 5.74) is 1.89. The summed E-state index contributed by atoms with van der Waals surface area (Å²) in [7, 11) is 0. The Balaban J connectivity index is 1.91. The molecule has 0 atom stereocenters. The van der Waals surface area contributed by atoms with E-state index < -0.39 is 17.7 Å². The summed E-state index contributed by atoms with van der Waals surface area (Å²) in [4.78, 5) is 23.5. The number of carbonyl (C=O) groups excluding carboxylic acids is 2. The molecule has 0 aromatic heterocycles. The molecular formula is C18H16O4. The fourth-order valence-electron chi connectivity index (χ4n) is 2.65. The highest BCUT2D eigenvalue weighted by Gasteiger charge is 2.43. The first kappa shape index (κ1) is 14.3. The molecule has 0 radical (unpaired) electrons. The third-order valence-corrected chi connectivity index (χ3v) is 3.52. The molecular weight excluding hydrogens is 280 g/mol. The van der Waals surface area contributed by atoms with Crippen molar-refractivity contribution in [3.8, 4) is 0 Å². The summed E-state index contributed by atoms with van der Waals surface area (Å²) in [6, 6.07) is 19.1. The van der Waals surface area contributed by atoms with Gasteiger partial charge >= 0.3 is 11.9 Å². The Morgan fingerprint density at radius 1 is 0.727 bits per heavy atom. The van der Waals surface area contributed by atoms with Gasteiger partial charge < -0.3 is 9.47 Å². The number of hydrogen-bond acceptors (Lipinski definition) is 4. The molecule has 0 aliphatic carbocycles. The van der Waals surface area contributed by atoms with Crippen LogP contribution in [0.3, 0.4) is 0 Å². The van der Waals surface area contributed by atoms with Crippen molar-refractivity contribution < 1.29 is 19.1 Å². The van der Waals surface area contributed by atoms with E-state index >= 15 is 0 Å². The van der Waals surface area contributed by atoms with Gasteiger partial charge in [-0.2, -0.15) is 0 Å². The van der Waals surface area contributed by atoms with Gasteiger partial charge in [-0.15, -0.1) is 0 Å². The first-order valence-electron chi connectivity index (χ1n) is 7.17. The first-order chi connectivity index (χ1) is 10.7. The molecule has 0 saturated carbocycles. The van der Waals surface area contributed by atoms with Crippen molar-refractivity contribution in [3.63, 3.8) is 0 Å². The lowest BCUT2D eigenvalue weighted by molar-refractivity contribution is -0.243. The molecule has 1 saturated heterocycles. The molecule has 0 spiro atoms. The van der Waals surface area contributed by atoms with Gasteiger partial charge in [0.25, 0.3) is 5.79 Å². The minimum atomic E-state index is -1.27. The van der Waals surface area contributed by atoms with Crippen LogP contribution in [0.5, 0.6) is 0 Å². The number of esters is 2. The zero-order valence-electron chi connectivity index (χ0n) is 12.0. The topological polar surface area (TPSA) is 52.6 Å². The van der Waals surface area contributed by atoms with Gasteiger partial charge in [-0.05, 0) is 11.1 Å². The molecule has 112 valence electrons. The highest BCUT2D eigenvalue weighted by molar-refractivity contribution is 5.93. The number of rotatable bonds is 4. The number of benzene rings is 2. The maximum atomic E-state index is 11.7. The summed E-state index contributed by atoms with van der Waals surface area (Å²) in [5.74, 6) is -2.35. The van der Waals surface area contributed by atoms with Gasteiger partial charge in [0.15, 0.2) is 0 Å². The monoisotopic (exact) mass is 296 g/mol. The SMILES string of the molecule is O=C1CC(=O)OC(Cc2ccccc2)(Cc2ccccc2)O1.